The van der Waals surface area contributed by atoms with Crippen LogP contribution in [0.15, 0.2) is 17.2 Å². The van der Waals surface area contributed by atoms with E-state index in [1.54, 1.807) is 0 Å². The van der Waals surface area contributed by atoms with Gasteiger partial charge in [0.2, 0.25) is 0 Å². The molecule has 0 fully saturated rings. The highest BCUT2D eigenvalue weighted by Crippen LogP contribution is 1.93. The van der Waals surface area contributed by atoms with Gasteiger partial charge in [-0.15, -0.1) is 0 Å². The van der Waals surface area contributed by atoms with Crippen LogP contribution in [-0.2, 0) is 11.5 Å². The molecule has 8 heteroatoms. The van der Waals surface area contributed by atoms with Gasteiger partial charge in [-0.1, -0.05) is 0 Å². The molecule has 0 bridgehead atoms. The van der Waals surface area contributed by atoms with E-state index in [4.69, 9.17) is 20.7 Å². The van der Waals surface area contributed by atoms with Crippen molar-refractivity contribution < 1.29 is 19.7 Å². The maximum Gasteiger partial charge on any atom is 0.284 e. The average molecular weight is 243 g/mol. The Balaban J connectivity index is 2.82. The number of primary amides is 1. The number of nitrogens with two attached hydrogens (primary N) is 1. The van der Waals surface area contributed by atoms with E-state index in [-0.39, 0.29) is 25.6 Å². The second-order valence-corrected chi connectivity index (χ2v) is 3.20. The highest BCUT2D eigenvalue weighted by atomic mass is 16.5. The zero-order valence-electron chi connectivity index (χ0n) is 8.94. The molecule has 8 nitrogen and oxygen atoms in total. The minimum atomic E-state index is -0.926. The molecule has 1 rings (SSSR count). The van der Waals surface area contributed by atoms with E-state index in [2.05, 4.69) is 4.98 Å². The highest BCUT2D eigenvalue weighted by Gasteiger charge is 2.11. The summed E-state index contributed by atoms with van der Waals surface area (Å²) in [7, 11) is 0. The number of carbonyl (C=O) groups is 1. The topological polar surface area (TPSA) is 128 Å². The first kappa shape index (κ1) is 13.3. The lowest BCUT2D eigenvalue weighted by atomic mass is 10.4. The zero-order chi connectivity index (χ0) is 12.8. The summed E-state index contributed by atoms with van der Waals surface area (Å²) in [6, 6.07) is 0. The van der Waals surface area contributed by atoms with Gasteiger partial charge in [0, 0.05) is 12.4 Å². The molecule has 1 aromatic rings. The van der Waals surface area contributed by atoms with Crippen LogP contribution in [0, 0.1) is 0 Å². The first-order valence-electron chi connectivity index (χ1n) is 4.78. The molecule has 0 atom stereocenters. The van der Waals surface area contributed by atoms with Crippen molar-refractivity contribution in [3.05, 3.63) is 28.4 Å². The SMILES string of the molecule is NC(=O)c1nccn(COC(CO)CO)c1=O. The molecule has 94 valence electrons. The molecule has 0 spiro atoms. The Kier molecular flexibility index (Phi) is 4.76. The Hall–Kier alpha value is -1.77. The largest absolute Gasteiger partial charge is 0.394 e. The standard InChI is InChI=1S/C9H13N3O5/c10-8(15)7-9(16)12(2-1-11-7)5-17-6(3-13)4-14/h1-2,6,13-14H,3-5H2,(H2,10,15). The maximum absolute atomic E-state index is 11.6. The lowest BCUT2D eigenvalue weighted by Crippen LogP contribution is -2.33. The molecule has 0 radical (unpaired) electrons. The Morgan fingerprint density at radius 1 is 1.53 bits per heavy atom. The average Bonchev–Trinajstić information content (AvgIpc) is 2.32. The fourth-order valence-corrected chi connectivity index (χ4v) is 1.07. The summed E-state index contributed by atoms with van der Waals surface area (Å²) >= 11 is 0. The molecule has 1 amide bonds. The lowest BCUT2D eigenvalue weighted by molar-refractivity contribution is -0.0510. The summed E-state index contributed by atoms with van der Waals surface area (Å²) in [6.45, 7) is -0.967. The van der Waals surface area contributed by atoms with Gasteiger partial charge in [-0.25, -0.2) is 4.98 Å². The van der Waals surface area contributed by atoms with E-state index in [1.807, 2.05) is 0 Å². The smallest absolute Gasteiger partial charge is 0.284 e. The van der Waals surface area contributed by atoms with Crippen molar-refractivity contribution in [2.45, 2.75) is 12.8 Å². The number of hydrogen-bond acceptors (Lipinski definition) is 6. The number of aromatic nitrogens is 2. The van der Waals surface area contributed by atoms with Gasteiger partial charge < -0.3 is 20.7 Å². The zero-order valence-corrected chi connectivity index (χ0v) is 8.94. The molecule has 0 aliphatic heterocycles. The summed E-state index contributed by atoms with van der Waals surface area (Å²) in [5.41, 5.74) is 3.88. The molecule has 4 N–H and O–H groups in total. The van der Waals surface area contributed by atoms with Crippen molar-refractivity contribution in [2.24, 2.45) is 5.73 Å². The Morgan fingerprint density at radius 2 is 2.18 bits per heavy atom. The number of hydrogen-bond donors (Lipinski definition) is 3. The minimum absolute atomic E-state index is 0.215. The number of nitrogens with zero attached hydrogens (tertiary/aromatic N) is 2. The van der Waals surface area contributed by atoms with E-state index in [0.29, 0.717) is 0 Å². The van der Waals surface area contributed by atoms with Gasteiger partial charge in [-0.2, -0.15) is 0 Å². The fourth-order valence-electron chi connectivity index (χ4n) is 1.07. The summed E-state index contributed by atoms with van der Waals surface area (Å²) in [6.07, 6.45) is 1.75. The Bertz CT molecular complexity index is 441. The normalized spacial score (nSPS) is 10.8. The molecule has 0 aliphatic rings. The molecular formula is C9H13N3O5. The van der Waals surface area contributed by atoms with E-state index in [1.165, 1.54) is 12.4 Å². The first-order chi connectivity index (χ1) is 8.10. The van der Waals surface area contributed by atoms with Crippen molar-refractivity contribution >= 4 is 5.91 Å². The van der Waals surface area contributed by atoms with Crippen LogP contribution >= 0.6 is 0 Å². The number of aliphatic hydroxyl groups excluding tert-OH is 2. The first-order valence-corrected chi connectivity index (χ1v) is 4.78. The van der Waals surface area contributed by atoms with E-state index < -0.39 is 17.6 Å². The van der Waals surface area contributed by atoms with Crippen molar-refractivity contribution in [1.29, 1.82) is 0 Å². The monoisotopic (exact) mass is 243 g/mol. The quantitative estimate of drug-likeness (QED) is 0.514. The van der Waals surface area contributed by atoms with Crippen LogP contribution in [0.25, 0.3) is 0 Å². The molecule has 1 heterocycles. The van der Waals surface area contributed by atoms with Gasteiger partial charge >= 0.3 is 0 Å². The van der Waals surface area contributed by atoms with E-state index >= 15 is 0 Å². The predicted octanol–water partition coefficient (Wildman–Crippen LogP) is -2.33. The van der Waals surface area contributed by atoms with Gasteiger partial charge in [0.25, 0.3) is 11.5 Å². The highest BCUT2D eigenvalue weighted by molar-refractivity contribution is 5.90. The molecule has 1 aromatic heterocycles. The van der Waals surface area contributed by atoms with Crippen molar-refractivity contribution in [3.8, 4) is 0 Å². The minimum Gasteiger partial charge on any atom is -0.394 e. The van der Waals surface area contributed by atoms with Gasteiger partial charge in [0.05, 0.1) is 13.2 Å². The van der Waals surface area contributed by atoms with Crippen LogP contribution in [0.2, 0.25) is 0 Å². The number of amides is 1. The number of carbonyl (C=O) groups excluding carboxylic acids is 1. The summed E-state index contributed by atoms with van der Waals surface area (Å²) in [5.74, 6) is -0.926. The third kappa shape index (κ3) is 3.34. The van der Waals surface area contributed by atoms with E-state index in [0.717, 1.165) is 4.57 Å². The lowest BCUT2D eigenvalue weighted by Gasteiger charge is -2.13. The van der Waals surface area contributed by atoms with Crippen LogP contribution in [-0.4, -0.2) is 45.0 Å². The number of aliphatic hydroxyl groups is 2. The van der Waals surface area contributed by atoms with Crippen LogP contribution in [0.4, 0.5) is 0 Å². The van der Waals surface area contributed by atoms with Gasteiger partial charge in [-0.05, 0) is 0 Å². The van der Waals surface area contributed by atoms with Crippen molar-refractivity contribution in [1.82, 2.24) is 9.55 Å². The van der Waals surface area contributed by atoms with Crippen molar-refractivity contribution in [3.63, 3.8) is 0 Å². The Morgan fingerprint density at radius 3 is 2.71 bits per heavy atom. The maximum atomic E-state index is 11.6. The number of ether oxygens (including phenoxy) is 1. The van der Waals surface area contributed by atoms with Crippen LogP contribution in [0.5, 0.6) is 0 Å². The molecular weight excluding hydrogens is 230 g/mol. The van der Waals surface area contributed by atoms with E-state index in [9.17, 15) is 9.59 Å². The third-order valence-corrected chi connectivity index (χ3v) is 2.00. The summed E-state index contributed by atoms with van der Waals surface area (Å²) in [4.78, 5) is 26.0. The van der Waals surface area contributed by atoms with Crippen molar-refractivity contribution in [2.75, 3.05) is 13.2 Å². The Labute approximate surface area is 96.3 Å². The fraction of sp³-hybridized carbons (Fsp3) is 0.444. The molecule has 0 unspecified atom stereocenters. The molecule has 0 saturated heterocycles. The van der Waals surface area contributed by atoms with Crippen LogP contribution in [0.3, 0.4) is 0 Å². The van der Waals surface area contributed by atoms with Crippen LogP contribution in [0.1, 0.15) is 10.5 Å². The molecule has 0 saturated carbocycles. The summed E-state index contributed by atoms with van der Waals surface area (Å²) in [5, 5.41) is 17.5. The predicted molar refractivity (Wildman–Crippen MR) is 56.1 cm³/mol. The second kappa shape index (κ2) is 6.09. The summed E-state index contributed by atoms with van der Waals surface area (Å²) < 4.78 is 6.09. The second-order valence-electron chi connectivity index (χ2n) is 3.20. The van der Waals surface area contributed by atoms with Crippen LogP contribution < -0.4 is 11.3 Å². The molecule has 0 aromatic carbocycles. The van der Waals surface area contributed by atoms with Gasteiger partial charge in [0.1, 0.15) is 12.8 Å². The third-order valence-electron chi connectivity index (χ3n) is 2.00. The molecule has 17 heavy (non-hydrogen) atoms. The van der Waals surface area contributed by atoms with Gasteiger partial charge in [-0.3, -0.25) is 14.2 Å². The number of rotatable bonds is 6. The molecule has 0 aliphatic carbocycles. The van der Waals surface area contributed by atoms with Gasteiger partial charge in [0.15, 0.2) is 5.69 Å².